The van der Waals surface area contributed by atoms with Gasteiger partial charge in [-0.15, -0.1) is 0 Å². The molecule has 1 amide bonds. The number of likely N-dealkylation sites (tertiary alicyclic amines) is 1. The number of piperazine rings is 1. The molecular weight excluding hydrogens is 563 g/mol. The first-order chi connectivity index (χ1) is 20.6. The Hall–Kier alpha value is -4.51. The number of amides is 1. The minimum atomic E-state index is -4.71. The molecule has 1 atom stereocenters. The van der Waals surface area contributed by atoms with Crippen LogP contribution in [0.3, 0.4) is 0 Å². The first kappa shape index (κ1) is 28.6. The van der Waals surface area contributed by atoms with Crippen molar-refractivity contribution in [1.82, 2.24) is 29.5 Å². The van der Waals surface area contributed by atoms with Crippen molar-refractivity contribution in [1.29, 1.82) is 5.26 Å². The zero-order chi connectivity index (χ0) is 30.5. The Balaban J connectivity index is 1.46. The zero-order valence-corrected chi connectivity index (χ0v) is 23.6. The number of benzene rings is 1. The Morgan fingerprint density at radius 2 is 1.91 bits per heavy atom. The van der Waals surface area contributed by atoms with Crippen LogP contribution in [0.4, 0.5) is 24.9 Å². The first-order valence-corrected chi connectivity index (χ1v) is 14.1. The Labute approximate surface area is 245 Å². The van der Waals surface area contributed by atoms with Gasteiger partial charge in [-0.3, -0.25) is 14.5 Å². The molecule has 3 aliphatic rings. The van der Waals surface area contributed by atoms with Crippen LogP contribution in [-0.2, 0) is 11.0 Å². The van der Waals surface area contributed by atoms with E-state index in [1.165, 1.54) is 37.4 Å². The third kappa shape index (κ3) is 5.07. The Kier molecular flexibility index (Phi) is 7.29. The predicted molar refractivity (Wildman–Crippen MR) is 153 cm³/mol. The van der Waals surface area contributed by atoms with E-state index in [1.54, 1.807) is 4.90 Å². The van der Waals surface area contributed by atoms with Crippen molar-refractivity contribution in [2.45, 2.75) is 38.0 Å². The maximum Gasteiger partial charge on any atom is 0.418 e. The quantitative estimate of drug-likeness (QED) is 0.398. The van der Waals surface area contributed by atoms with E-state index in [9.17, 15) is 28.0 Å². The fourth-order valence-electron chi connectivity index (χ4n) is 6.04. The molecule has 0 bridgehead atoms. The summed E-state index contributed by atoms with van der Waals surface area (Å²) in [5.41, 5.74) is -2.21. The van der Waals surface area contributed by atoms with Crippen molar-refractivity contribution in [3.8, 4) is 11.8 Å². The summed E-state index contributed by atoms with van der Waals surface area (Å²) in [7, 11) is 0. The van der Waals surface area contributed by atoms with Crippen LogP contribution in [0.1, 0.15) is 24.0 Å². The first-order valence-electron chi connectivity index (χ1n) is 14.1. The number of halogens is 3. The molecule has 3 aromatic rings. The van der Waals surface area contributed by atoms with Gasteiger partial charge in [-0.2, -0.15) is 33.2 Å². The number of alkyl halides is 3. The number of nitriles is 1. The van der Waals surface area contributed by atoms with Crippen molar-refractivity contribution in [3.05, 3.63) is 58.5 Å². The summed E-state index contributed by atoms with van der Waals surface area (Å²) in [6, 6.07) is 6.03. The molecule has 0 N–H and O–H groups in total. The minimum absolute atomic E-state index is 0.0315. The SMILES string of the molecule is C=CC(=O)N1CCN(c2nc(N3CC(N4CCC4)C3)nc3c(=O)n(-c4cccc(C)c4C(F)(F)F)ncc23)CC1CC#N. The molecular formula is C29H30F3N9O2. The molecule has 0 spiro atoms. The maximum absolute atomic E-state index is 14.1. The van der Waals surface area contributed by atoms with E-state index in [1.807, 2.05) is 9.80 Å². The summed E-state index contributed by atoms with van der Waals surface area (Å²) in [4.78, 5) is 43.6. The summed E-state index contributed by atoms with van der Waals surface area (Å²) in [5.74, 6) is 0.405. The number of carbonyl (C=O) groups excluding carboxylic acids is 1. The van der Waals surface area contributed by atoms with E-state index in [2.05, 4.69) is 27.6 Å². The lowest BCUT2D eigenvalue weighted by atomic mass is 10.0. The number of aromatic nitrogens is 4. The van der Waals surface area contributed by atoms with Crippen molar-refractivity contribution in [2.75, 3.05) is 55.6 Å². The van der Waals surface area contributed by atoms with Gasteiger partial charge < -0.3 is 14.7 Å². The van der Waals surface area contributed by atoms with Crippen LogP contribution in [-0.4, -0.2) is 93.4 Å². The van der Waals surface area contributed by atoms with Crippen LogP contribution in [0, 0.1) is 18.3 Å². The lowest BCUT2D eigenvalue weighted by Gasteiger charge is -2.49. The van der Waals surface area contributed by atoms with Crippen LogP contribution in [0.25, 0.3) is 16.6 Å². The number of nitrogens with zero attached hydrogens (tertiary/aromatic N) is 9. The van der Waals surface area contributed by atoms with Gasteiger partial charge in [0.25, 0.3) is 5.56 Å². The molecule has 0 aliphatic carbocycles. The number of carbonyl (C=O) groups is 1. The summed E-state index contributed by atoms with van der Waals surface area (Å²) in [6.45, 7) is 9.20. The second-order valence-electron chi connectivity index (χ2n) is 11.1. The molecule has 224 valence electrons. The fraction of sp³-hybridized carbons (Fsp3) is 0.448. The molecule has 3 aliphatic heterocycles. The van der Waals surface area contributed by atoms with Gasteiger partial charge in [0.1, 0.15) is 11.3 Å². The monoisotopic (exact) mass is 593 g/mol. The number of fused-ring (bicyclic) bond motifs is 1. The van der Waals surface area contributed by atoms with Crippen molar-refractivity contribution < 1.29 is 18.0 Å². The molecule has 2 aromatic heterocycles. The van der Waals surface area contributed by atoms with Crippen LogP contribution >= 0.6 is 0 Å². The van der Waals surface area contributed by atoms with E-state index in [0.717, 1.165) is 24.2 Å². The highest BCUT2D eigenvalue weighted by atomic mass is 19.4. The van der Waals surface area contributed by atoms with Crippen LogP contribution in [0.2, 0.25) is 0 Å². The number of rotatable bonds is 6. The standard InChI is InChI=1S/C29H30F3N9O2/c1-3-23(42)40-13-12-38(15-19(40)8-9-33)26-21-14-34-41(22-7-4-6-18(2)24(22)29(30,31)32)27(43)25(21)35-28(36-26)39-16-20(17-39)37-10-5-11-37/h3-4,6-7,14,19-20H,1,5,8,10-13,15-17H2,2H3. The van der Waals surface area contributed by atoms with E-state index in [0.29, 0.717) is 44.0 Å². The molecule has 0 saturated carbocycles. The van der Waals surface area contributed by atoms with Gasteiger partial charge in [-0.05, 0) is 44.1 Å². The second kappa shape index (κ2) is 11.0. The van der Waals surface area contributed by atoms with Gasteiger partial charge in [0, 0.05) is 38.8 Å². The lowest BCUT2D eigenvalue weighted by molar-refractivity contribution is -0.138. The van der Waals surface area contributed by atoms with E-state index in [4.69, 9.17) is 4.98 Å². The fourth-order valence-corrected chi connectivity index (χ4v) is 6.04. The Morgan fingerprint density at radius 1 is 1.14 bits per heavy atom. The molecule has 14 heteroatoms. The Morgan fingerprint density at radius 3 is 2.56 bits per heavy atom. The summed E-state index contributed by atoms with van der Waals surface area (Å²) in [5, 5.41) is 13.9. The Bertz CT molecular complexity index is 1690. The highest BCUT2D eigenvalue weighted by molar-refractivity contribution is 5.90. The van der Waals surface area contributed by atoms with E-state index in [-0.39, 0.29) is 41.0 Å². The van der Waals surface area contributed by atoms with Crippen LogP contribution in [0.5, 0.6) is 0 Å². The van der Waals surface area contributed by atoms with Crippen molar-refractivity contribution >= 4 is 28.6 Å². The molecule has 3 saturated heterocycles. The number of hydrogen-bond acceptors (Lipinski definition) is 9. The summed E-state index contributed by atoms with van der Waals surface area (Å²) in [6.07, 6.45) is -0.946. The normalized spacial score (nSPS) is 19.6. The minimum Gasteiger partial charge on any atom is -0.352 e. The molecule has 1 unspecified atom stereocenters. The molecule has 3 fully saturated rings. The number of anilines is 2. The third-order valence-corrected chi connectivity index (χ3v) is 8.49. The van der Waals surface area contributed by atoms with Crippen molar-refractivity contribution in [3.63, 3.8) is 0 Å². The molecule has 43 heavy (non-hydrogen) atoms. The average Bonchev–Trinajstić information content (AvgIpc) is 2.92. The second-order valence-corrected chi connectivity index (χ2v) is 11.1. The predicted octanol–water partition coefficient (Wildman–Crippen LogP) is 2.51. The van der Waals surface area contributed by atoms with Gasteiger partial charge in [0.05, 0.1) is 41.4 Å². The van der Waals surface area contributed by atoms with Gasteiger partial charge >= 0.3 is 6.18 Å². The third-order valence-electron chi connectivity index (χ3n) is 8.49. The van der Waals surface area contributed by atoms with Crippen LogP contribution in [0.15, 0.2) is 41.8 Å². The van der Waals surface area contributed by atoms with Gasteiger partial charge in [0.2, 0.25) is 11.9 Å². The van der Waals surface area contributed by atoms with Gasteiger partial charge in [-0.1, -0.05) is 18.7 Å². The lowest BCUT2D eigenvalue weighted by Crippen LogP contribution is -2.63. The van der Waals surface area contributed by atoms with Crippen molar-refractivity contribution in [2.24, 2.45) is 0 Å². The highest BCUT2D eigenvalue weighted by Gasteiger charge is 2.39. The molecule has 11 nitrogen and oxygen atoms in total. The molecule has 5 heterocycles. The zero-order valence-electron chi connectivity index (χ0n) is 23.6. The van der Waals surface area contributed by atoms with E-state index < -0.39 is 23.3 Å². The number of hydrogen-bond donors (Lipinski definition) is 0. The van der Waals surface area contributed by atoms with Crippen LogP contribution < -0.4 is 15.4 Å². The maximum atomic E-state index is 14.1. The molecule has 0 radical (unpaired) electrons. The molecule has 1 aromatic carbocycles. The van der Waals surface area contributed by atoms with Gasteiger partial charge in [-0.25, -0.2) is 4.98 Å². The van der Waals surface area contributed by atoms with E-state index >= 15 is 0 Å². The topological polar surface area (TPSA) is 114 Å². The highest BCUT2D eigenvalue weighted by Crippen LogP contribution is 2.36. The smallest absolute Gasteiger partial charge is 0.352 e. The summed E-state index contributed by atoms with van der Waals surface area (Å²) < 4.78 is 43.0. The van der Waals surface area contributed by atoms with Gasteiger partial charge in [0.15, 0.2) is 0 Å². The largest absolute Gasteiger partial charge is 0.418 e. The number of aryl methyl sites for hydroxylation is 1. The molecule has 6 rings (SSSR count). The summed E-state index contributed by atoms with van der Waals surface area (Å²) >= 11 is 0. The average molecular weight is 594 g/mol.